The van der Waals surface area contributed by atoms with E-state index in [2.05, 4.69) is 5.43 Å². The van der Waals surface area contributed by atoms with Gasteiger partial charge in [0.15, 0.2) is 0 Å². The second-order valence-corrected chi connectivity index (χ2v) is 3.14. The highest BCUT2D eigenvalue weighted by atomic mass is 31.2. The molecule has 1 aliphatic rings. The van der Waals surface area contributed by atoms with E-state index in [0.717, 1.165) is 4.78 Å². The van der Waals surface area contributed by atoms with E-state index >= 15 is 0 Å². The van der Waals surface area contributed by atoms with Crippen LogP contribution in [-0.4, -0.2) is 21.1 Å². The number of hydrazine groups is 1. The largest absolute Gasteiger partial charge is 0.420 e. The number of nitrogens with zero attached hydrogens (tertiary/aromatic N) is 1. The van der Waals surface area contributed by atoms with Crippen molar-refractivity contribution in [1.29, 1.82) is 0 Å². The van der Waals surface area contributed by atoms with Crippen LogP contribution < -0.4 is 5.43 Å². The van der Waals surface area contributed by atoms with Crippen molar-refractivity contribution < 1.29 is 14.4 Å². The molecular formula is C3H7N2O3P. The molecule has 9 heavy (non-hydrogen) atoms. The standard InChI is InChI=1S/C3H7N2O3P/c6-9(7,8)5-3-1-2-4-5/h1-2,4H,3H2,(H2,6,7,8). The van der Waals surface area contributed by atoms with Gasteiger partial charge in [-0.2, -0.15) is 0 Å². The minimum absolute atomic E-state index is 0.254. The van der Waals surface area contributed by atoms with Crippen LogP contribution >= 0.6 is 7.75 Å². The topological polar surface area (TPSA) is 72.8 Å². The minimum Gasteiger partial charge on any atom is -0.317 e. The van der Waals surface area contributed by atoms with Gasteiger partial charge in [-0.25, -0.2) is 4.57 Å². The van der Waals surface area contributed by atoms with E-state index in [4.69, 9.17) is 9.79 Å². The Hall–Kier alpha value is -0.350. The Kier molecular flexibility index (Phi) is 1.59. The zero-order valence-corrected chi connectivity index (χ0v) is 5.45. The highest BCUT2D eigenvalue weighted by Gasteiger charge is 2.25. The van der Waals surface area contributed by atoms with Crippen LogP contribution in [0.5, 0.6) is 0 Å². The Labute approximate surface area is 52.2 Å². The summed E-state index contributed by atoms with van der Waals surface area (Å²) in [5, 5.41) is 0. The van der Waals surface area contributed by atoms with E-state index < -0.39 is 7.75 Å². The number of rotatable bonds is 1. The molecule has 0 unspecified atom stereocenters. The molecule has 0 spiro atoms. The molecule has 0 saturated carbocycles. The summed E-state index contributed by atoms with van der Waals surface area (Å²) in [4.78, 5) is 16.9. The van der Waals surface area contributed by atoms with Crippen LogP contribution in [-0.2, 0) is 4.57 Å². The van der Waals surface area contributed by atoms with Crippen molar-refractivity contribution in [3.8, 4) is 0 Å². The highest BCUT2D eigenvalue weighted by Crippen LogP contribution is 2.38. The van der Waals surface area contributed by atoms with Crippen molar-refractivity contribution in [3.05, 3.63) is 12.3 Å². The smallest absolute Gasteiger partial charge is 0.317 e. The maximum atomic E-state index is 10.4. The van der Waals surface area contributed by atoms with Crippen molar-refractivity contribution in [2.24, 2.45) is 0 Å². The summed E-state index contributed by atoms with van der Waals surface area (Å²) in [6, 6.07) is 0. The van der Waals surface area contributed by atoms with Crippen molar-refractivity contribution >= 4 is 7.75 Å². The summed E-state index contributed by atoms with van der Waals surface area (Å²) in [7, 11) is -4.05. The lowest BCUT2D eigenvalue weighted by Gasteiger charge is -2.15. The van der Waals surface area contributed by atoms with Crippen LogP contribution in [0.1, 0.15) is 0 Å². The van der Waals surface area contributed by atoms with Gasteiger partial charge in [0.05, 0.1) is 0 Å². The first-order valence-corrected chi connectivity index (χ1v) is 3.92. The fourth-order valence-electron chi connectivity index (χ4n) is 0.526. The van der Waals surface area contributed by atoms with Crippen molar-refractivity contribution in [2.75, 3.05) is 6.54 Å². The molecule has 0 bridgehead atoms. The fourth-order valence-corrected chi connectivity index (χ4v) is 1.05. The maximum absolute atomic E-state index is 10.4. The maximum Gasteiger partial charge on any atom is 0.420 e. The van der Waals surface area contributed by atoms with E-state index in [-0.39, 0.29) is 6.54 Å². The molecule has 0 atom stereocenters. The third-order valence-electron chi connectivity index (χ3n) is 0.934. The lowest BCUT2D eigenvalue weighted by molar-refractivity contribution is 0.265. The Morgan fingerprint density at radius 2 is 2.33 bits per heavy atom. The lowest BCUT2D eigenvalue weighted by Crippen LogP contribution is -2.26. The van der Waals surface area contributed by atoms with E-state index in [9.17, 15) is 4.57 Å². The Morgan fingerprint density at radius 3 is 2.56 bits per heavy atom. The second-order valence-electron chi connectivity index (χ2n) is 1.63. The fraction of sp³-hybridized carbons (Fsp3) is 0.333. The summed E-state index contributed by atoms with van der Waals surface area (Å²) in [6.07, 6.45) is 3.11. The van der Waals surface area contributed by atoms with Gasteiger partial charge in [0, 0.05) is 12.7 Å². The van der Waals surface area contributed by atoms with Crippen LogP contribution in [0, 0.1) is 0 Å². The third kappa shape index (κ3) is 1.53. The Morgan fingerprint density at radius 1 is 1.67 bits per heavy atom. The van der Waals surface area contributed by atoms with E-state index in [1.54, 1.807) is 6.08 Å². The number of hydrogen-bond donors (Lipinski definition) is 3. The summed E-state index contributed by atoms with van der Waals surface area (Å²) in [5.41, 5.74) is 2.39. The van der Waals surface area contributed by atoms with Crippen LogP contribution in [0.4, 0.5) is 0 Å². The molecule has 1 heterocycles. The van der Waals surface area contributed by atoms with Gasteiger partial charge in [-0.15, -0.1) is 4.78 Å². The molecule has 0 aromatic carbocycles. The summed E-state index contributed by atoms with van der Waals surface area (Å²) in [5.74, 6) is 0. The molecule has 0 saturated heterocycles. The molecule has 0 fully saturated rings. The summed E-state index contributed by atoms with van der Waals surface area (Å²) >= 11 is 0. The molecule has 3 N–H and O–H groups in total. The number of nitrogens with one attached hydrogen (secondary N) is 1. The molecule has 52 valence electrons. The summed E-state index contributed by atoms with van der Waals surface area (Å²) in [6.45, 7) is 0.254. The SMILES string of the molecule is O=P(O)(O)N1CC=CN1. The number of hydrogen-bond acceptors (Lipinski definition) is 2. The van der Waals surface area contributed by atoms with E-state index in [0.29, 0.717) is 0 Å². The first kappa shape index (κ1) is 6.77. The van der Waals surface area contributed by atoms with Crippen molar-refractivity contribution in [1.82, 2.24) is 10.2 Å². The highest BCUT2D eigenvalue weighted by molar-refractivity contribution is 7.49. The molecule has 6 heteroatoms. The third-order valence-corrected chi connectivity index (χ3v) is 1.84. The van der Waals surface area contributed by atoms with Gasteiger partial charge < -0.3 is 15.2 Å². The molecule has 0 amide bonds. The van der Waals surface area contributed by atoms with Crippen molar-refractivity contribution in [2.45, 2.75) is 0 Å². The van der Waals surface area contributed by atoms with Gasteiger partial charge >= 0.3 is 7.75 Å². The van der Waals surface area contributed by atoms with Gasteiger partial charge in [0.1, 0.15) is 0 Å². The average molecular weight is 150 g/mol. The molecule has 0 aliphatic carbocycles. The van der Waals surface area contributed by atoms with Gasteiger partial charge in [-0.3, -0.25) is 0 Å². The van der Waals surface area contributed by atoms with Crippen LogP contribution in [0.15, 0.2) is 12.3 Å². The minimum atomic E-state index is -4.05. The van der Waals surface area contributed by atoms with Crippen LogP contribution in [0.25, 0.3) is 0 Å². The molecule has 0 aromatic heterocycles. The van der Waals surface area contributed by atoms with Crippen molar-refractivity contribution in [3.63, 3.8) is 0 Å². The molecule has 0 aromatic rings. The zero-order chi connectivity index (χ0) is 6.91. The summed E-state index contributed by atoms with van der Waals surface area (Å²) < 4.78 is 11.2. The van der Waals surface area contributed by atoms with Gasteiger partial charge in [-0.05, 0) is 0 Å². The zero-order valence-electron chi connectivity index (χ0n) is 4.56. The Bertz CT molecular complexity index is 166. The second kappa shape index (κ2) is 2.11. The first-order valence-electron chi connectivity index (χ1n) is 2.35. The average Bonchev–Trinajstić information content (AvgIpc) is 2.08. The van der Waals surface area contributed by atoms with Crippen LogP contribution in [0.3, 0.4) is 0 Å². The van der Waals surface area contributed by atoms with E-state index in [1.807, 2.05) is 0 Å². The van der Waals surface area contributed by atoms with Crippen LogP contribution in [0.2, 0.25) is 0 Å². The molecule has 1 rings (SSSR count). The monoisotopic (exact) mass is 150 g/mol. The molecule has 1 aliphatic heterocycles. The van der Waals surface area contributed by atoms with Gasteiger partial charge in [0.2, 0.25) is 0 Å². The first-order chi connectivity index (χ1) is 4.11. The Balaban J connectivity index is 2.56. The normalized spacial score (nSPS) is 20.2. The molecule has 0 radical (unpaired) electrons. The van der Waals surface area contributed by atoms with E-state index in [1.165, 1.54) is 6.20 Å². The molecular weight excluding hydrogens is 143 g/mol. The predicted octanol–water partition coefficient (Wildman–Crippen LogP) is -0.587. The van der Waals surface area contributed by atoms with Gasteiger partial charge in [-0.1, -0.05) is 6.08 Å². The predicted molar refractivity (Wildman–Crippen MR) is 31.0 cm³/mol. The molecule has 5 nitrogen and oxygen atoms in total. The lowest BCUT2D eigenvalue weighted by atomic mass is 10.7. The quantitative estimate of drug-likeness (QED) is 0.436. The van der Waals surface area contributed by atoms with Gasteiger partial charge in [0.25, 0.3) is 0 Å².